The Morgan fingerprint density at radius 1 is 1.35 bits per heavy atom. The molecule has 0 aliphatic carbocycles. The molecule has 0 spiro atoms. The normalized spacial score (nSPS) is 11.2. The molecule has 0 atom stereocenters. The number of fused-ring (bicyclic) bond motifs is 1. The van der Waals surface area contributed by atoms with E-state index in [2.05, 4.69) is 5.16 Å². The van der Waals surface area contributed by atoms with E-state index in [1.54, 1.807) is 6.07 Å². The molecule has 0 aliphatic rings. The number of rotatable bonds is 1. The SMILES string of the molecule is Cn1ccc2c(Cl)cc(-c3cc(N)no3)cc21. The highest BCUT2D eigenvalue weighted by atomic mass is 35.5. The van der Waals surface area contributed by atoms with Crippen LogP contribution in [0.2, 0.25) is 5.02 Å². The summed E-state index contributed by atoms with van der Waals surface area (Å²) in [4.78, 5) is 0. The summed E-state index contributed by atoms with van der Waals surface area (Å²) >= 11 is 6.23. The number of hydrogen-bond acceptors (Lipinski definition) is 3. The maximum atomic E-state index is 6.23. The van der Waals surface area contributed by atoms with Gasteiger partial charge < -0.3 is 14.8 Å². The third-order valence-electron chi connectivity index (χ3n) is 2.77. The van der Waals surface area contributed by atoms with Crippen molar-refractivity contribution < 1.29 is 4.52 Å². The highest BCUT2D eigenvalue weighted by molar-refractivity contribution is 6.35. The Kier molecular flexibility index (Phi) is 2.12. The summed E-state index contributed by atoms with van der Waals surface area (Å²) < 4.78 is 7.13. The fraction of sp³-hybridized carbons (Fsp3) is 0.0833. The van der Waals surface area contributed by atoms with Crippen molar-refractivity contribution in [2.75, 3.05) is 5.73 Å². The number of nitrogens with two attached hydrogens (primary N) is 1. The molecule has 3 aromatic rings. The van der Waals surface area contributed by atoms with Crippen LogP contribution in [0.25, 0.3) is 22.2 Å². The van der Waals surface area contributed by atoms with Gasteiger partial charge >= 0.3 is 0 Å². The van der Waals surface area contributed by atoms with Crippen LogP contribution in [0, 0.1) is 0 Å². The lowest BCUT2D eigenvalue weighted by atomic mass is 10.1. The summed E-state index contributed by atoms with van der Waals surface area (Å²) in [7, 11) is 1.97. The molecule has 1 aromatic carbocycles. The van der Waals surface area contributed by atoms with Crippen LogP contribution < -0.4 is 5.73 Å². The van der Waals surface area contributed by atoms with E-state index in [-0.39, 0.29) is 0 Å². The van der Waals surface area contributed by atoms with E-state index in [1.807, 2.05) is 36.0 Å². The van der Waals surface area contributed by atoms with E-state index in [0.29, 0.717) is 16.6 Å². The van der Waals surface area contributed by atoms with E-state index in [9.17, 15) is 0 Å². The average Bonchev–Trinajstić information content (AvgIpc) is 2.87. The fourth-order valence-corrected chi connectivity index (χ4v) is 2.17. The maximum absolute atomic E-state index is 6.23. The molecule has 2 aromatic heterocycles. The van der Waals surface area contributed by atoms with Crippen LogP contribution in [0.4, 0.5) is 5.82 Å². The molecule has 0 radical (unpaired) electrons. The van der Waals surface area contributed by atoms with Gasteiger partial charge in [0.25, 0.3) is 0 Å². The number of halogens is 1. The average molecular weight is 248 g/mol. The van der Waals surface area contributed by atoms with Crippen molar-refractivity contribution in [3.05, 3.63) is 35.5 Å². The molecule has 0 aliphatic heterocycles. The van der Waals surface area contributed by atoms with Gasteiger partial charge in [0.1, 0.15) is 0 Å². The second kappa shape index (κ2) is 3.53. The first kappa shape index (κ1) is 10.2. The predicted octanol–water partition coefficient (Wildman–Crippen LogP) is 3.07. The van der Waals surface area contributed by atoms with Crippen LogP contribution in [-0.4, -0.2) is 9.72 Å². The van der Waals surface area contributed by atoms with Gasteiger partial charge in [0.05, 0.1) is 5.02 Å². The summed E-state index contributed by atoms with van der Waals surface area (Å²) in [5, 5.41) is 5.37. The topological polar surface area (TPSA) is 57.0 Å². The predicted molar refractivity (Wildman–Crippen MR) is 67.8 cm³/mol. The van der Waals surface area contributed by atoms with Crippen LogP contribution in [0.5, 0.6) is 0 Å². The Bertz CT molecular complexity index is 699. The van der Waals surface area contributed by atoms with Gasteiger partial charge in [-0.2, -0.15) is 0 Å². The lowest BCUT2D eigenvalue weighted by Gasteiger charge is -2.01. The van der Waals surface area contributed by atoms with Crippen molar-refractivity contribution in [2.24, 2.45) is 7.05 Å². The standard InChI is InChI=1S/C12H10ClN3O/c1-16-3-2-8-9(13)4-7(5-10(8)16)11-6-12(14)15-17-11/h2-6H,1H3,(H2,14,15). The smallest absolute Gasteiger partial charge is 0.169 e. The molecule has 0 bridgehead atoms. The molecular formula is C12H10ClN3O. The molecule has 5 heteroatoms. The van der Waals surface area contributed by atoms with Gasteiger partial charge in [0.15, 0.2) is 11.6 Å². The van der Waals surface area contributed by atoms with Crippen LogP contribution in [-0.2, 0) is 7.05 Å². The first-order chi connectivity index (χ1) is 8.15. The van der Waals surface area contributed by atoms with Crippen LogP contribution in [0.3, 0.4) is 0 Å². The second-order valence-corrected chi connectivity index (χ2v) is 4.34. The van der Waals surface area contributed by atoms with Gasteiger partial charge in [-0.1, -0.05) is 16.8 Å². The summed E-state index contributed by atoms with van der Waals surface area (Å²) in [6.07, 6.45) is 1.97. The highest BCUT2D eigenvalue weighted by Gasteiger charge is 2.10. The Balaban J connectivity index is 2.27. The number of hydrogen-bond donors (Lipinski definition) is 1. The minimum Gasteiger partial charge on any atom is -0.381 e. The molecule has 4 nitrogen and oxygen atoms in total. The number of aromatic nitrogens is 2. The summed E-state index contributed by atoms with van der Waals surface area (Å²) in [5.74, 6) is 0.982. The van der Waals surface area contributed by atoms with Crippen molar-refractivity contribution in [1.29, 1.82) is 0 Å². The summed E-state index contributed by atoms with van der Waals surface area (Å²) in [6.45, 7) is 0. The Morgan fingerprint density at radius 2 is 2.18 bits per heavy atom. The Labute approximate surface area is 103 Å². The van der Waals surface area contributed by atoms with Gasteiger partial charge in [0, 0.05) is 35.8 Å². The van der Waals surface area contributed by atoms with Crippen LogP contribution in [0.15, 0.2) is 35.0 Å². The highest BCUT2D eigenvalue weighted by Crippen LogP contribution is 2.31. The number of anilines is 1. The molecule has 0 saturated carbocycles. The van der Waals surface area contributed by atoms with Crippen molar-refractivity contribution in [2.45, 2.75) is 0 Å². The molecular weight excluding hydrogens is 238 g/mol. The van der Waals surface area contributed by atoms with Crippen molar-refractivity contribution in [3.8, 4) is 11.3 Å². The molecule has 0 amide bonds. The third-order valence-corrected chi connectivity index (χ3v) is 3.08. The van der Waals surface area contributed by atoms with E-state index in [4.69, 9.17) is 21.9 Å². The number of aryl methyl sites for hydroxylation is 1. The zero-order chi connectivity index (χ0) is 12.0. The van der Waals surface area contributed by atoms with Crippen molar-refractivity contribution in [3.63, 3.8) is 0 Å². The second-order valence-electron chi connectivity index (χ2n) is 3.93. The summed E-state index contributed by atoms with van der Waals surface area (Å²) in [5.41, 5.74) is 7.45. The van der Waals surface area contributed by atoms with E-state index >= 15 is 0 Å². The minimum absolute atomic E-state index is 0.364. The van der Waals surface area contributed by atoms with Gasteiger partial charge in [-0.05, 0) is 18.2 Å². The monoisotopic (exact) mass is 247 g/mol. The lowest BCUT2D eigenvalue weighted by molar-refractivity contribution is 0.436. The minimum atomic E-state index is 0.364. The van der Waals surface area contributed by atoms with Crippen molar-refractivity contribution in [1.82, 2.24) is 9.72 Å². The van der Waals surface area contributed by atoms with Gasteiger partial charge in [-0.25, -0.2) is 0 Å². The lowest BCUT2D eigenvalue weighted by Crippen LogP contribution is -1.85. The number of nitrogen functional groups attached to an aromatic ring is 1. The maximum Gasteiger partial charge on any atom is 0.169 e. The molecule has 2 N–H and O–H groups in total. The van der Waals surface area contributed by atoms with Gasteiger partial charge in [-0.3, -0.25) is 0 Å². The molecule has 0 fully saturated rings. The first-order valence-electron chi connectivity index (χ1n) is 5.12. The molecule has 2 heterocycles. The molecule has 0 unspecified atom stereocenters. The van der Waals surface area contributed by atoms with E-state index in [1.165, 1.54) is 0 Å². The van der Waals surface area contributed by atoms with Gasteiger partial charge in [0.2, 0.25) is 0 Å². The fourth-order valence-electron chi connectivity index (χ4n) is 1.89. The Hall–Kier alpha value is -1.94. The molecule has 86 valence electrons. The largest absolute Gasteiger partial charge is 0.381 e. The third kappa shape index (κ3) is 1.57. The first-order valence-corrected chi connectivity index (χ1v) is 5.50. The van der Waals surface area contributed by atoms with Crippen molar-refractivity contribution >= 4 is 28.3 Å². The van der Waals surface area contributed by atoms with Crippen LogP contribution >= 0.6 is 11.6 Å². The summed E-state index contributed by atoms with van der Waals surface area (Å²) in [6, 6.07) is 7.52. The number of benzene rings is 1. The quantitative estimate of drug-likeness (QED) is 0.719. The number of nitrogens with zero attached hydrogens (tertiary/aromatic N) is 2. The Morgan fingerprint density at radius 3 is 2.88 bits per heavy atom. The van der Waals surface area contributed by atoms with E-state index < -0.39 is 0 Å². The molecule has 17 heavy (non-hydrogen) atoms. The zero-order valence-corrected chi connectivity index (χ0v) is 9.90. The van der Waals surface area contributed by atoms with Crippen LogP contribution in [0.1, 0.15) is 0 Å². The van der Waals surface area contributed by atoms with E-state index in [0.717, 1.165) is 16.5 Å². The molecule has 0 saturated heterocycles. The zero-order valence-electron chi connectivity index (χ0n) is 9.14. The van der Waals surface area contributed by atoms with Gasteiger partial charge in [-0.15, -0.1) is 0 Å². The molecule has 3 rings (SSSR count).